The molecule has 1 atom stereocenters. The summed E-state index contributed by atoms with van der Waals surface area (Å²) in [6, 6.07) is 6.61. The Hall–Kier alpha value is -2.08. The summed E-state index contributed by atoms with van der Waals surface area (Å²) >= 11 is 0. The van der Waals surface area contributed by atoms with Crippen LogP contribution in [0, 0.1) is 0 Å². The molecule has 2 amide bonds. The molecule has 2 fully saturated rings. The highest BCUT2D eigenvalue weighted by atomic mass is 16.3. The van der Waals surface area contributed by atoms with Gasteiger partial charge in [0.1, 0.15) is 11.8 Å². The number of amides is 2. The summed E-state index contributed by atoms with van der Waals surface area (Å²) in [6.45, 7) is 13.2. The van der Waals surface area contributed by atoms with Crippen molar-refractivity contribution >= 4 is 11.8 Å². The van der Waals surface area contributed by atoms with Gasteiger partial charge < -0.3 is 20.2 Å². The first-order valence-corrected chi connectivity index (χ1v) is 11.6. The summed E-state index contributed by atoms with van der Waals surface area (Å²) in [7, 11) is 0. The molecule has 2 aliphatic rings. The van der Waals surface area contributed by atoms with Crippen LogP contribution >= 0.6 is 0 Å². The third-order valence-corrected chi connectivity index (χ3v) is 6.35. The van der Waals surface area contributed by atoms with Gasteiger partial charge in [0.15, 0.2) is 0 Å². The Morgan fingerprint density at radius 2 is 1.58 bits per heavy atom. The molecule has 1 heterocycles. The maximum Gasteiger partial charge on any atom is 0.254 e. The molecule has 31 heavy (non-hydrogen) atoms. The number of nitrogens with one attached hydrogen (secondary N) is 1. The van der Waals surface area contributed by atoms with Gasteiger partial charge in [-0.25, -0.2) is 0 Å². The Balaban J connectivity index is 1.70. The zero-order chi connectivity index (χ0) is 23.0. The first-order chi connectivity index (χ1) is 14.4. The van der Waals surface area contributed by atoms with E-state index in [1.807, 2.05) is 25.7 Å². The van der Waals surface area contributed by atoms with E-state index in [2.05, 4.69) is 26.1 Å². The average molecular weight is 430 g/mol. The second-order valence-electron chi connectivity index (χ2n) is 11.1. The second-order valence-corrected chi connectivity index (χ2v) is 11.1. The Kier molecular flexibility index (Phi) is 6.70. The van der Waals surface area contributed by atoms with Crippen molar-refractivity contribution in [1.29, 1.82) is 0 Å². The van der Waals surface area contributed by atoms with E-state index in [-0.39, 0.29) is 29.1 Å². The Bertz CT molecular complexity index is 784. The van der Waals surface area contributed by atoms with Crippen molar-refractivity contribution in [3.63, 3.8) is 0 Å². The highest BCUT2D eigenvalue weighted by molar-refractivity contribution is 5.98. The zero-order valence-electron chi connectivity index (χ0n) is 19.9. The quantitative estimate of drug-likeness (QED) is 0.761. The molecular weight excluding hydrogens is 390 g/mol. The molecule has 1 aliphatic heterocycles. The van der Waals surface area contributed by atoms with E-state index >= 15 is 0 Å². The number of benzene rings is 1. The lowest BCUT2D eigenvalue weighted by atomic mass is 9.89. The number of nitrogens with zero attached hydrogens (tertiary/aromatic N) is 2. The van der Waals surface area contributed by atoms with Crippen LogP contribution in [-0.4, -0.2) is 62.5 Å². The molecule has 1 aliphatic carbocycles. The van der Waals surface area contributed by atoms with E-state index in [1.54, 1.807) is 17.0 Å². The standard InChI is InChI=1S/C25H39N3O3/c1-24(2,3)26-18-9-11-19(12-10-18)27-16-15-21(23(27)31)28(25(4,5)6)22(30)17-7-13-20(29)14-8-17/h7-8,13-14,18-19,21,26,29H,9-12,15-16H2,1-6H3/t18-,19+,21-/m0/s1. The summed E-state index contributed by atoms with van der Waals surface area (Å²) in [4.78, 5) is 30.6. The molecule has 0 radical (unpaired) electrons. The van der Waals surface area contributed by atoms with Crippen LogP contribution in [0.15, 0.2) is 24.3 Å². The number of carbonyl (C=O) groups excluding carboxylic acids is 2. The number of hydrogen-bond donors (Lipinski definition) is 2. The minimum atomic E-state index is -0.487. The van der Waals surface area contributed by atoms with Crippen molar-refractivity contribution in [1.82, 2.24) is 15.1 Å². The second kappa shape index (κ2) is 8.81. The molecule has 0 unspecified atom stereocenters. The molecule has 6 heteroatoms. The highest BCUT2D eigenvalue weighted by Gasteiger charge is 2.45. The van der Waals surface area contributed by atoms with E-state index in [9.17, 15) is 14.7 Å². The van der Waals surface area contributed by atoms with Gasteiger partial charge in [-0.3, -0.25) is 9.59 Å². The molecule has 2 N–H and O–H groups in total. The van der Waals surface area contributed by atoms with Gasteiger partial charge in [-0.15, -0.1) is 0 Å². The van der Waals surface area contributed by atoms with Crippen molar-refractivity contribution in [2.24, 2.45) is 0 Å². The highest BCUT2D eigenvalue weighted by Crippen LogP contribution is 2.32. The number of hydrogen-bond acceptors (Lipinski definition) is 4. The fourth-order valence-electron chi connectivity index (χ4n) is 5.09. The predicted octanol–water partition coefficient (Wildman–Crippen LogP) is 3.93. The minimum absolute atomic E-state index is 0.0780. The third-order valence-electron chi connectivity index (χ3n) is 6.35. The van der Waals surface area contributed by atoms with Gasteiger partial charge in [-0.05, 0) is 97.9 Å². The third kappa shape index (κ3) is 5.59. The van der Waals surface area contributed by atoms with E-state index in [4.69, 9.17) is 0 Å². The van der Waals surface area contributed by atoms with E-state index in [0.29, 0.717) is 24.6 Å². The molecule has 172 valence electrons. The predicted molar refractivity (Wildman–Crippen MR) is 123 cm³/mol. The van der Waals surface area contributed by atoms with Gasteiger partial charge in [-0.1, -0.05) is 0 Å². The Morgan fingerprint density at radius 3 is 2.10 bits per heavy atom. The van der Waals surface area contributed by atoms with Crippen molar-refractivity contribution in [2.45, 2.75) is 103 Å². The van der Waals surface area contributed by atoms with Crippen molar-refractivity contribution in [3.8, 4) is 5.75 Å². The summed E-state index contributed by atoms with van der Waals surface area (Å²) in [5.74, 6) is 0.0404. The number of phenolic OH excluding ortho intramolecular Hbond substituents is 1. The molecule has 1 aromatic rings. The van der Waals surface area contributed by atoms with Crippen molar-refractivity contribution in [3.05, 3.63) is 29.8 Å². The first-order valence-electron chi connectivity index (χ1n) is 11.6. The molecule has 1 saturated carbocycles. The van der Waals surface area contributed by atoms with Crippen LogP contribution in [-0.2, 0) is 4.79 Å². The van der Waals surface area contributed by atoms with Crippen LogP contribution in [0.4, 0.5) is 0 Å². The van der Waals surface area contributed by atoms with Crippen LogP contribution in [0.25, 0.3) is 0 Å². The van der Waals surface area contributed by atoms with Crippen LogP contribution in [0.5, 0.6) is 5.75 Å². The fraction of sp³-hybridized carbons (Fsp3) is 0.680. The molecule has 0 spiro atoms. The average Bonchev–Trinajstić information content (AvgIpc) is 3.02. The van der Waals surface area contributed by atoms with Crippen LogP contribution in [0.2, 0.25) is 0 Å². The first kappa shape index (κ1) is 23.6. The smallest absolute Gasteiger partial charge is 0.254 e. The largest absolute Gasteiger partial charge is 0.508 e. The monoisotopic (exact) mass is 429 g/mol. The van der Waals surface area contributed by atoms with Gasteiger partial charge >= 0.3 is 0 Å². The lowest BCUT2D eigenvalue weighted by Gasteiger charge is -2.41. The van der Waals surface area contributed by atoms with E-state index in [0.717, 1.165) is 25.7 Å². The van der Waals surface area contributed by atoms with Gasteiger partial charge in [0, 0.05) is 35.3 Å². The van der Waals surface area contributed by atoms with Crippen molar-refractivity contribution in [2.75, 3.05) is 6.54 Å². The van der Waals surface area contributed by atoms with Crippen molar-refractivity contribution < 1.29 is 14.7 Å². The number of aromatic hydroxyl groups is 1. The molecule has 3 rings (SSSR count). The van der Waals surface area contributed by atoms with Gasteiger partial charge in [0.25, 0.3) is 5.91 Å². The van der Waals surface area contributed by atoms with Gasteiger partial charge in [-0.2, -0.15) is 0 Å². The summed E-state index contributed by atoms with van der Waals surface area (Å²) < 4.78 is 0. The van der Waals surface area contributed by atoms with Crippen LogP contribution in [0.3, 0.4) is 0 Å². The van der Waals surface area contributed by atoms with E-state index in [1.165, 1.54) is 12.1 Å². The molecule has 0 aromatic heterocycles. The minimum Gasteiger partial charge on any atom is -0.508 e. The lowest BCUT2D eigenvalue weighted by Crippen LogP contribution is -2.55. The Labute approximate surface area is 187 Å². The molecule has 1 saturated heterocycles. The Morgan fingerprint density at radius 1 is 1.00 bits per heavy atom. The van der Waals surface area contributed by atoms with Gasteiger partial charge in [0.2, 0.25) is 5.91 Å². The number of carbonyl (C=O) groups is 2. The molecule has 1 aromatic carbocycles. The SMILES string of the molecule is CC(C)(C)N[C@H]1CC[C@@H](N2CC[C@H](N(C(=O)c3ccc(O)cc3)C(C)(C)C)C2=O)CC1. The van der Waals surface area contributed by atoms with Crippen LogP contribution < -0.4 is 5.32 Å². The van der Waals surface area contributed by atoms with E-state index < -0.39 is 11.6 Å². The maximum absolute atomic E-state index is 13.5. The van der Waals surface area contributed by atoms with Crippen LogP contribution in [0.1, 0.15) is 84.0 Å². The molecule has 0 bridgehead atoms. The molecule has 6 nitrogen and oxygen atoms in total. The number of likely N-dealkylation sites (tertiary alicyclic amines) is 1. The number of phenols is 1. The zero-order valence-corrected chi connectivity index (χ0v) is 19.9. The maximum atomic E-state index is 13.5. The molecular formula is C25H39N3O3. The van der Waals surface area contributed by atoms with Gasteiger partial charge in [0.05, 0.1) is 0 Å². The number of rotatable bonds is 4. The lowest BCUT2D eigenvalue weighted by molar-refractivity contribution is -0.135. The fourth-order valence-corrected chi connectivity index (χ4v) is 5.09. The summed E-state index contributed by atoms with van der Waals surface area (Å²) in [6.07, 6.45) is 4.83. The summed E-state index contributed by atoms with van der Waals surface area (Å²) in [5.41, 5.74) is 0.112. The summed E-state index contributed by atoms with van der Waals surface area (Å²) in [5, 5.41) is 13.3. The normalized spacial score (nSPS) is 25.0. The topological polar surface area (TPSA) is 72.9 Å².